The lowest BCUT2D eigenvalue weighted by atomic mass is 9.79. The molecule has 1 aliphatic carbocycles. The SMILES string of the molecule is COC1(c2ccc(S(C)(=O)=O)cc2)CCC2(CCCCC2)OO1. The molecular formula is C17H24O5S. The summed E-state index contributed by atoms with van der Waals surface area (Å²) in [6, 6.07) is 6.64. The quantitative estimate of drug-likeness (QED) is 0.790. The van der Waals surface area contributed by atoms with Crippen LogP contribution in [0.15, 0.2) is 29.2 Å². The Morgan fingerprint density at radius 3 is 2.09 bits per heavy atom. The largest absolute Gasteiger partial charge is 0.347 e. The third-order valence-corrected chi connectivity index (χ3v) is 6.21. The van der Waals surface area contributed by atoms with Crippen molar-refractivity contribution in [1.82, 2.24) is 0 Å². The van der Waals surface area contributed by atoms with Crippen LogP contribution in [-0.2, 0) is 30.1 Å². The van der Waals surface area contributed by atoms with Crippen LogP contribution in [-0.4, -0.2) is 27.4 Å². The summed E-state index contributed by atoms with van der Waals surface area (Å²) < 4.78 is 28.8. The second-order valence-corrected chi connectivity index (χ2v) is 8.68. The van der Waals surface area contributed by atoms with Gasteiger partial charge in [0, 0.05) is 25.3 Å². The van der Waals surface area contributed by atoms with Gasteiger partial charge in [0.15, 0.2) is 9.84 Å². The highest BCUT2D eigenvalue weighted by Gasteiger charge is 2.47. The zero-order chi connectivity index (χ0) is 16.6. The average Bonchev–Trinajstić information content (AvgIpc) is 2.56. The Bertz CT molecular complexity index is 634. The minimum absolute atomic E-state index is 0.174. The van der Waals surface area contributed by atoms with Crippen LogP contribution in [0.25, 0.3) is 0 Å². The van der Waals surface area contributed by atoms with Gasteiger partial charge < -0.3 is 4.74 Å². The number of hydrogen-bond acceptors (Lipinski definition) is 5. The van der Waals surface area contributed by atoms with Crippen LogP contribution in [0, 0.1) is 0 Å². The molecule has 3 rings (SSSR count). The molecule has 1 aliphatic heterocycles. The molecule has 0 N–H and O–H groups in total. The Labute approximate surface area is 137 Å². The van der Waals surface area contributed by atoms with Gasteiger partial charge in [-0.2, -0.15) is 4.89 Å². The third kappa shape index (κ3) is 3.31. The molecule has 1 unspecified atom stereocenters. The van der Waals surface area contributed by atoms with Gasteiger partial charge in [-0.15, -0.1) is 0 Å². The van der Waals surface area contributed by atoms with Crippen LogP contribution in [0.4, 0.5) is 0 Å². The van der Waals surface area contributed by atoms with Crippen molar-refractivity contribution in [3.8, 4) is 0 Å². The number of rotatable bonds is 3. The summed E-state index contributed by atoms with van der Waals surface area (Å²) in [5.74, 6) is -0.960. The van der Waals surface area contributed by atoms with E-state index in [1.807, 2.05) is 0 Å². The Kier molecular flexibility index (Phi) is 4.53. The van der Waals surface area contributed by atoms with Crippen molar-refractivity contribution in [2.24, 2.45) is 0 Å². The lowest BCUT2D eigenvalue weighted by Crippen LogP contribution is -2.47. The standard InChI is InChI=1S/C17H24O5S/c1-20-17(14-6-8-15(9-7-14)23(2,18)19)13-12-16(21-22-17)10-4-3-5-11-16/h6-9H,3-5,10-13H2,1-2H3. The molecule has 6 heteroatoms. The predicted molar refractivity (Wildman–Crippen MR) is 85.5 cm³/mol. The van der Waals surface area contributed by atoms with Crippen molar-refractivity contribution in [1.29, 1.82) is 0 Å². The van der Waals surface area contributed by atoms with Gasteiger partial charge in [0.05, 0.1) is 4.90 Å². The molecule has 1 heterocycles. The topological polar surface area (TPSA) is 61.8 Å². The number of methoxy groups -OCH3 is 1. The van der Waals surface area contributed by atoms with Gasteiger partial charge in [-0.3, -0.25) is 0 Å². The Morgan fingerprint density at radius 1 is 0.957 bits per heavy atom. The normalized spacial score (nSPS) is 27.9. The first-order valence-corrected chi connectivity index (χ1v) is 10.0. The minimum atomic E-state index is -3.21. The van der Waals surface area contributed by atoms with Crippen LogP contribution in [0.3, 0.4) is 0 Å². The van der Waals surface area contributed by atoms with E-state index in [0.717, 1.165) is 24.8 Å². The number of ether oxygens (including phenoxy) is 1. The molecule has 0 radical (unpaired) electrons. The van der Waals surface area contributed by atoms with Crippen molar-refractivity contribution in [3.05, 3.63) is 29.8 Å². The maximum absolute atomic E-state index is 11.6. The van der Waals surface area contributed by atoms with Gasteiger partial charge in [0.2, 0.25) is 5.79 Å². The summed E-state index contributed by atoms with van der Waals surface area (Å²) in [5, 5.41) is 0. The van der Waals surface area contributed by atoms with E-state index < -0.39 is 15.6 Å². The highest BCUT2D eigenvalue weighted by Crippen LogP contribution is 2.46. The van der Waals surface area contributed by atoms with Crippen LogP contribution < -0.4 is 0 Å². The molecule has 1 aromatic rings. The highest BCUT2D eigenvalue weighted by atomic mass is 32.2. The lowest BCUT2D eigenvalue weighted by Gasteiger charge is -2.45. The summed E-state index contributed by atoms with van der Waals surface area (Å²) in [4.78, 5) is 11.9. The summed E-state index contributed by atoms with van der Waals surface area (Å²) in [6.07, 6.45) is 8.43. The first-order chi connectivity index (χ1) is 10.9. The summed E-state index contributed by atoms with van der Waals surface area (Å²) in [7, 11) is -1.62. The van der Waals surface area contributed by atoms with Crippen LogP contribution in [0.2, 0.25) is 0 Å². The highest BCUT2D eigenvalue weighted by molar-refractivity contribution is 7.90. The molecule has 0 aromatic heterocycles. The van der Waals surface area contributed by atoms with Gasteiger partial charge in [-0.1, -0.05) is 31.4 Å². The average molecular weight is 340 g/mol. The molecule has 5 nitrogen and oxygen atoms in total. The van der Waals surface area contributed by atoms with E-state index in [2.05, 4.69) is 0 Å². The fraction of sp³-hybridized carbons (Fsp3) is 0.647. The Morgan fingerprint density at radius 2 is 1.61 bits per heavy atom. The van der Waals surface area contributed by atoms with Gasteiger partial charge in [0.25, 0.3) is 0 Å². The first-order valence-electron chi connectivity index (χ1n) is 8.12. The van der Waals surface area contributed by atoms with E-state index in [1.165, 1.54) is 25.5 Å². The summed E-state index contributed by atoms with van der Waals surface area (Å²) >= 11 is 0. The molecule has 1 spiro atoms. The lowest BCUT2D eigenvalue weighted by molar-refractivity contribution is -0.499. The molecule has 2 fully saturated rings. The monoisotopic (exact) mass is 340 g/mol. The van der Waals surface area contributed by atoms with Crippen LogP contribution in [0.5, 0.6) is 0 Å². The van der Waals surface area contributed by atoms with Crippen molar-refractivity contribution < 1.29 is 22.9 Å². The fourth-order valence-electron chi connectivity index (χ4n) is 3.56. The van der Waals surface area contributed by atoms with E-state index >= 15 is 0 Å². The molecule has 2 aliphatic rings. The van der Waals surface area contributed by atoms with E-state index in [9.17, 15) is 8.42 Å². The molecule has 128 valence electrons. The van der Waals surface area contributed by atoms with Gasteiger partial charge in [0.1, 0.15) is 5.60 Å². The predicted octanol–water partition coefficient (Wildman–Crippen LogP) is 3.33. The number of hydrogen-bond donors (Lipinski definition) is 0. The first kappa shape index (κ1) is 16.9. The maximum Gasteiger partial charge on any atom is 0.227 e. The Balaban J connectivity index is 1.80. The molecule has 0 amide bonds. The van der Waals surface area contributed by atoms with Crippen molar-refractivity contribution in [3.63, 3.8) is 0 Å². The molecule has 0 bridgehead atoms. The van der Waals surface area contributed by atoms with E-state index in [4.69, 9.17) is 14.5 Å². The second-order valence-electron chi connectivity index (χ2n) is 6.66. The molecule has 1 aromatic carbocycles. The second kappa shape index (κ2) is 6.16. The number of sulfone groups is 1. The van der Waals surface area contributed by atoms with Crippen molar-refractivity contribution >= 4 is 9.84 Å². The van der Waals surface area contributed by atoms with E-state index in [1.54, 1.807) is 31.4 Å². The fourth-order valence-corrected chi connectivity index (χ4v) is 4.19. The van der Waals surface area contributed by atoms with Gasteiger partial charge in [-0.05, 0) is 31.4 Å². The zero-order valence-electron chi connectivity index (χ0n) is 13.7. The van der Waals surface area contributed by atoms with Crippen LogP contribution in [0.1, 0.15) is 50.5 Å². The van der Waals surface area contributed by atoms with Crippen molar-refractivity contribution in [2.75, 3.05) is 13.4 Å². The smallest absolute Gasteiger partial charge is 0.227 e. The minimum Gasteiger partial charge on any atom is -0.347 e. The number of benzene rings is 1. The third-order valence-electron chi connectivity index (χ3n) is 5.08. The summed E-state index contributed by atoms with van der Waals surface area (Å²) in [5.41, 5.74) is 0.602. The molecule has 1 saturated heterocycles. The van der Waals surface area contributed by atoms with Crippen LogP contribution >= 0.6 is 0 Å². The molecule has 1 atom stereocenters. The van der Waals surface area contributed by atoms with Crippen molar-refractivity contribution in [2.45, 2.75) is 61.2 Å². The van der Waals surface area contributed by atoms with E-state index in [-0.39, 0.29) is 10.5 Å². The van der Waals surface area contributed by atoms with Gasteiger partial charge >= 0.3 is 0 Å². The maximum atomic E-state index is 11.6. The summed E-state index contributed by atoms with van der Waals surface area (Å²) in [6.45, 7) is 0. The van der Waals surface area contributed by atoms with Gasteiger partial charge in [-0.25, -0.2) is 13.3 Å². The van der Waals surface area contributed by atoms with E-state index in [0.29, 0.717) is 6.42 Å². The molecule has 1 saturated carbocycles. The molecule has 23 heavy (non-hydrogen) atoms. The zero-order valence-corrected chi connectivity index (χ0v) is 14.5. The molecular weight excluding hydrogens is 316 g/mol. The Hall–Kier alpha value is -0.950.